The van der Waals surface area contributed by atoms with Crippen molar-refractivity contribution in [1.82, 2.24) is 14.9 Å². The number of imidazole rings is 1. The summed E-state index contributed by atoms with van der Waals surface area (Å²) < 4.78 is 10.7. The van der Waals surface area contributed by atoms with Gasteiger partial charge in [-0.15, -0.1) is 0 Å². The Hall–Kier alpha value is -2.50. The van der Waals surface area contributed by atoms with Gasteiger partial charge in [0.2, 0.25) is 12.7 Å². The minimum Gasteiger partial charge on any atom is -0.454 e. The molecule has 1 aliphatic rings. The van der Waals surface area contributed by atoms with Crippen LogP contribution in [-0.4, -0.2) is 33.6 Å². The Morgan fingerprint density at radius 1 is 1.35 bits per heavy atom. The van der Waals surface area contributed by atoms with Crippen LogP contribution in [0, 0.1) is 0 Å². The number of amides is 1. The summed E-state index contributed by atoms with van der Waals surface area (Å²) in [7, 11) is 0. The Bertz CT molecular complexity index is 709. The van der Waals surface area contributed by atoms with Gasteiger partial charge in [0, 0.05) is 18.0 Å². The highest BCUT2D eigenvalue weighted by Gasteiger charge is 2.18. The van der Waals surface area contributed by atoms with Gasteiger partial charge in [0.15, 0.2) is 11.5 Å². The summed E-state index contributed by atoms with van der Waals surface area (Å²) in [6, 6.07) is 5.92. The highest BCUT2D eigenvalue weighted by atomic mass is 16.7. The first-order valence-corrected chi connectivity index (χ1v) is 7.82. The first kappa shape index (κ1) is 15.4. The number of carbonyl (C=O) groups excluding carboxylic acids is 1. The standard InChI is InChI=1S/C17H21N3O3/c1-4-17(21)20(11(2)3)9-16-18-8-13(19-16)12-5-6-14-15(7-12)23-10-22-14/h5-8,11H,4,9-10H2,1-3H3,(H,18,19). The summed E-state index contributed by atoms with van der Waals surface area (Å²) in [4.78, 5) is 21.5. The monoisotopic (exact) mass is 315 g/mol. The molecule has 0 unspecified atom stereocenters. The van der Waals surface area contributed by atoms with E-state index >= 15 is 0 Å². The van der Waals surface area contributed by atoms with E-state index in [0.717, 1.165) is 28.6 Å². The third-order valence-electron chi connectivity index (χ3n) is 3.88. The molecule has 6 heteroatoms. The van der Waals surface area contributed by atoms with E-state index in [1.807, 2.05) is 43.9 Å². The highest BCUT2D eigenvalue weighted by Crippen LogP contribution is 2.35. The minimum absolute atomic E-state index is 0.126. The number of aromatic nitrogens is 2. The largest absolute Gasteiger partial charge is 0.454 e. The molecular formula is C17H21N3O3. The fourth-order valence-electron chi connectivity index (χ4n) is 2.58. The van der Waals surface area contributed by atoms with Crippen molar-refractivity contribution in [3.63, 3.8) is 0 Å². The molecule has 0 atom stereocenters. The lowest BCUT2D eigenvalue weighted by molar-refractivity contribution is -0.133. The molecule has 1 aromatic heterocycles. The van der Waals surface area contributed by atoms with Gasteiger partial charge in [0.25, 0.3) is 0 Å². The second kappa shape index (κ2) is 6.32. The first-order valence-electron chi connectivity index (χ1n) is 7.82. The van der Waals surface area contributed by atoms with Crippen LogP contribution in [0.3, 0.4) is 0 Å². The molecule has 0 fully saturated rings. The molecular weight excluding hydrogens is 294 g/mol. The maximum absolute atomic E-state index is 12.0. The van der Waals surface area contributed by atoms with Gasteiger partial charge in [0.05, 0.1) is 18.4 Å². The van der Waals surface area contributed by atoms with Crippen LogP contribution in [0.15, 0.2) is 24.4 Å². The zero-order chi connectivity index (χ0) is 16.4. The van der Waals surface area contributed by atoms with Crippen molar-refractivity contribution in [3.05, 3.63) is 30.2 Å². The number of nitrogens with zero attached hydrogens (tertiary/aromatic N) is 2. The van der Waals surface area contributed by atoms with E-state index in [2.05, 4.69) is 9.97 Å². The second-order valence-electron chi connectivity index (χ2n) is 5.78. The van der Waals surface area contributed by atoms with Gasteiger partial charge in [-0.3, -0.25) is 4.79 Å². The van der Waals surface area contributed by atoms with E-state index in [1.165, 1.54) is 0 Å². The third kappa shape index (κ3) is 3.16. The van der Waals surface area contributed by atoms with Crippen LogP contribution < -0.4 is 9.47 Å². The molecule has 6 nitrogen and oxygen atoms in total. The molecule has 1 amide bonds. The molecule has 23 heavy (non-hydrogen) atoms. The Kier molecular flexibility index (Phi) is 4.23. The van der Waals surface area contributed by atoms with Crippen LogP contribution in [0.25, 0.3) is 11.3 Å². The zero-order valence-corrected chi connectivity index (χ0v) is 13.6. The number of fused-ring (bicyclic) bond motifs is 1. The number of hydrogen-bond acceptors (Lipinski definition) is 4. The predicted molar refractivity (Wildman–Crippen MR) is 86.1 cm³/mol. The molecule has 3 rings (SSSR count). The van der Waals surface area contributed by atoms with E-state index in [9.17, 15) is 4.79 Å². The average Bonchev–Trinajstić information content (AvgIpc) is 3.19. The van der Waals surface area contributed by atoms with E-state index in [1.54, 1.807) is 6.20 Å². The molecule has 0 bridgehead atoms. The number of H-pyrrole nitrogens is 1. The Labute approximate surface area is 135 Å². The lowest BCUT2D eigenvalue weighted by Gasteiger charge is -2.25. The number of rotatable bonds is 5. The van der Waals surface area contributed by atoms with Crippen molar-refractivity contribution < 1.29 is 14.3 Å². The van der Waals surface area contributed by atoms with Crippen molar-refractivity contribution >= 4 is 5.91 Å². The zero-order valence-electron chi connectivity index (χ0n) is 13.6. The van der Waals surface area contributed by atoms with Gasteiger partial charge in [0.1, 0.15) is 5.82 Å². The van der Waals surface area contributed by atoms with E-state index in [-0.39, 0.29) is 18.7 Å². The van der Waals surface area contributed by atoms with Gasteiger partial charge in [-0.2, -0.15) is 0 Å². The number of benzene rings is 1. The number of aromatic amines is 1. The summed E-state index contributed by atoms with van der Waals surface area (Å²) >= 11 is 0. The maximum Gasteiger partial charge on any atom is 0.231 e. The molecule has 122 valence electrons. The smallest absolute Gasteiger partial charge is 0.231 e. The fraction of sp³-hybridized carbons (Fsp3) is 0.412. The topological polar surface area (TPSA) is 67.5 Å². The van der Waals surface area contributed by atoms with E-state index in [4.69, 9.17) is 9.47 Å². The molecule has 0 spiro atoms. The summed E-state index contributed by atoms with van der Waals surface area (Å²) in [5, 5.41) is 0. The first-order chi connectivity index (χ1) is 11.1. The van der Waals surface area contributed by atoms with Gasteiger partial charge >= 0.3 is 0 Å². The van der Waals surface area contributed by atoms with Crippen LogP contribution in [0.2, 0.25) is 0 Å². The molecule has 2 heterocycles. The molecule has 2 aromatic rings. The van der Waals surface area contributed by atoms with Gasteiger partial charge in [-0.1, -0.05) is 6.92 Å². The molecule has 1 aliphatic heterocycles. The van der Waals surface area contributed by atoms with Crippen LogP contribution in [0.1, 0.15) is 33.0 Å². The van der Waals surface area contributed by atoms with Crippen molar-refractivity contribution in [1.29, 1.82) is 0 Å². The molecule has 1 N–H and O–H groups in total. The minimum atomic E-state index is 0.126. The van der Waals surface area contributed by atoms with Crippen LogP contribution in [0.4, 0.5) is 0 Å². The maximum atomic E-state index is 12.0. The second-order valence-corrected chi connectivity index (χ2v) is 5.78. The van der Waals surface area contributed by atoms with Crippen LogP contribution in [0.5, 0.6) is 11.5 Å². The van der Waals surface area contributed by atoms with E-state index < -0.39 is 0 Å². The summed E-state index contributed by atoms with van der Waals surface area (Å²) in [6.07, 6.45) is 2.27. The number of carbonyl (C=O) groups is 1. The fourth-order valence-corrected chi connectivity index (χ4v) is 2.58. The molecule has 0 saturated carbocycles. The van der Waals surface area contributed by atoms with Crippen molar-refractivity contribution in [2.45, 2.75) is 39.8 Å². The van der Waals surface area contributed by atoms with Crippen molar-refractivity contribution in [3.8, 4) is 22.8 Å². The van der Waals surface area contributed by atoms with Crippen molar-refractivity contribution in [2.24, 2.45) is 0 Å². The Morgan fingerprint density at radius 3 is 2.87 bits per heavy atom. The lowest BCUT2D eigenvalue weighted by Crippen LogP contribution is -2.36. The van der Waals surface area contributed by atoms with Crippen LogP contribution >= 0.6 is 0 Å². The SMILES string of the molecule is CCC(=O)N(Cc1ncc(-c2ccc3c(c2)OCO3)[nH]1)C(C)C. The molecule has 1 aromatic carbocycles. The highest BCUT2D eigenvalue weighted by molar-refractivity contribution is 5.76. The quantitative estimate of drug-likeness (QED) is 0.921. The Balaban J connectivity index is 1.79. The molecule has 0 radical (unpaired) electrons. The average molecular weight is 315 g/mol. The summed E-state index contributed by atoms with van der Waals surface area (Å²) in [5.74, 6) is 2.39. The normalized spacial score (nSPS) is 12.7. The predicted octanol–water partition coefficient (Wildman–Crippen LogP) is 2.95. The number of ether oxygens (including phenoxy) is 2. The van der Waals surface area contributed by atoms with Gasteiger partial charge in [-0.25, -0.2) is 4.98 Å². The number of nitrogens with one attached hydrogen (secondary N) is 1. The lowest BCUT2D eigenvalue weighted by atomic mass is 10.1. The summed E-state index contributed by atoms with van der Waals surface area (Å²) in [6.45, 7) is 6.63. The van der Waals surface area contributed by atoms with Crippen LogP contribution in [-0.2, 0) is 11.3 Å². The van der Waals surface area contributed by atoms with Crippen molar-refractivity contribution in [2.75, 3.05) is 6.79 Å². The molecule has 0 saturated heterocycles. The Morgan fingerprint density at radius 2 is 2.13 bits per heavy atom. The van der Waals surface area contributed by atoms with Gasteiger partial charge in [-0.05, 0) is 32.0 Å². The van der Waals surface area contributed by atoms with E-state index in [0.29, 0.717) is 13.0 Å². The van der Waals surface area contributed by atoms with Gasteiger partial charge < -0.3 is 19.4 Å². The molecule has 0 aliphatic carbocycles. The third-order valence-corrected chi connectivity index (χ3v) is 3.88. The summed E-state index contributed by atoms with van der Waals surface area (Å²) in [5.41, 5.74) is 1.87. The number of hydrogen-bond donors (Lipinski definition) is 1.